The molecule has 214 valence electrons. The average molecular weight is 577 g/mol. The van der Waals surface area contributed by atoms with Crippen molar-refractivity contribution in [2.75, 3.05) is 9.80 Å². The van der Waals surface area contributed by atoms with Gasteiger partial charge in [0.2, 0.25) is 0 Å². The Kier molecular flexibility index (Phi) is 6.73. The van der Waals surface area contributed by atoms with Crippen LogP contribution in [0.1, 0.15) is 5.56 Å². The van der Waals surface area contributed by atoms with Crippen molar-refractivity contribution < 1.29 is 0 Å². The topological polar surface area (TPSA) is 6.48 Å². The molecule has 2 heteroatoms. The minimum Gasteiger partial charge on any atom is -0.310 e. The van der Waals surface area contributed by atoms with Gasteiger partial charge in [-0.2, -0.15) is 0 Å². The van der Waals surface area contributed by atoms with Gasteiger partial charge in [-0.3, -0.25) is 0 Å². The normalized spacial score (nSPS) is 11.2. The Labute approximate surface area is 264 Å². The first-order valence-electron chi connectivity index (χ1n) is 15.5. The van der Waals surface area contributed by atoms with Gasteiger partial charge < -0.3 is 9.80 Å². The first-order valence-corrected chi connectivity index (χ1v) is 15.5. The third kappa shape index (κ3) is 4.77. The summed E-state index contributed by atoms with van der Waals surface area (Å²) in [6, 6.07) is 63.3. The van der Waals surface area contributed by atoms with Crippen molar-refractivity contribution in [2.45, 2.75) is 6.92 Å². The smallest absolute Gasteiger partial charge is 0.0546 e. The Morgan fingerprint density at radius 3 is 1.09 bits per heavy atom. The van der Waals surface area contributed by atoms with Gasteiger partial charge in [-0.15, -0.1) is 0 Å². The predicted molar refractivity (Wildman–Crippen MR) is 193 cm³/mol. The van der Waals surface area contributed by atoms with Crippen LogP contribution in [0.25, 0.3) is 32.3 Å². The third-order valence-electron chi connectivity index (χ3n) is 8.63. The molecule has 45 heavy (non-hydrogen) atoms. The maximum absolute atomic E-state index is 2.40. The summed E-state index contributed by atoms with van der Waals surface area (Å²) in [5, 5.41) is 7.37. The van der Waals surface area contributed by atoms with Crippen molar-refractivity contribution in [1.82, 2.24) is 0 Å². The standard InChI is InChI=1S/C43H32N2/c1-31-26-27-37-40-29-42(44(32-16-6-2-7-17-32)33-18-8-3-9-19-33)38-25-15-14-24-36(38)39(40)30-43(41(37)28-31)45(34-20-10-4-11-21-34)35-22-12-5-13-23-35/h2-30H,1H3. The van der Waals surface area contributed by atoms with Crippen LogP contribution >= 0.6 is 0 Å². The molecule has 0 heterocycles. The van der Waals surface area contributed by atoms with E-state index in [2.05, 4.69) is 193 Å². The third-order valence-corrected chi connectivity index (χ3v) is 8.63. The van der Waals surface area contributed by atoms with E-state index in [-0.39, 0.29) is 0 Å². The summed E-state index contributed by atoms with van der Waals surface area (Å²) >= 11 is 0. The van der Waals surface area contributed by atoms with Crippen molar-refractivity contribution in [3.8, 4) is 0 Å². The summed E-state index contributed by atoms with van der Waals surface area (Å²) in [6.45, 7) is 2.18. The summed E-state index contributed by atoms with van der Waals surface area (Å²) in [4.78, 5) is 4.78. The number of hydrogen-bond acceptors (Lipinski definition) is 2. The molecule has 2 nitrogen and oxygen atoms in total. The predicted octanol–water partition coefficient (Wildman–Crippen LogP) is 12.4. The SMILES string of the molecule is Cc1ccc2c(c1)c(N(c1ccccc1)c1ccccc1)cc1c3ccccc3c(N(c3ccccc3)c3ccccc3)cc21. The van der Waals surface area contributed by atoms with Gasteiger partial charge in [0.1, 0.15) is 0 Å². The second-order valence-corrected chi connectivity index (χ2v) is 11.5. The molecular formula is C43H32N2. The van der Waals surface area contributed by atoms with Crippen LogP contribution in [0.2, 0.25) is 0 Å². The van der Waals surface area contributed by atoms with Crippen LogP contribution in [0.3, 0.4) is 0 Å². The van der Waals surface area contributed by atoms with Crippen LogP contribution in [0.5, 0.6) is 0 Å². The first kappa shape index (κ1) is 26.7. The average Bonchev–Trinajstić information content (AvgIpc) is 3.11. The lowest BCUT2D eigenvalue weighted by atomic mass is 9.92. The summed E-state index contributed by atoms with van der Waals surface area (Å²) in [6.07, 6.45) is 0. The van der Waals surface area contributed by atoms with Crippen molar-refractivity contribution in [2.24, 2.45) is 0 Å². The molecule has 0 spiro atoms. The molecule has 0 bridgehead atoms. The van der Waals surface area contributed by atoms with Crippen LogP contribution < -0.4 is 9.80 Å². The monoisotopic (exact) mass is 576 g/mol. The Morgan fingerprint density at radius 2 is 0.644 bits per heavy atom. The van der Waals surface area contributed by atoms with E-state index in [1.165, 1.54) is 43.6 Å². The van der Waals surface area contributed by atoms with Crippen molar-refractivity contribution >= 4 is 66.4 Å². The Morgan fingerprint density at radius 1 is 0.289 bits per heavy atom. The van der Waals surface area contributed by atoms with Gasteiger partial charge in [0.05, 0.1) is 11.4 Å². The molecule has 0 amide bonds. The number of para-hydroxylation sites is 4. The number of nitrogens with zero attached hydrogens (tertiary/aromatic N) is 2. The van der Waals surface area contributed by atoms with Crippen molar-refractivity contribution in [1.29, 1.82) is 0 Å². The van der Waals surface area contributed by atoms with Crippen LogP contribution in [0.4, 0.5) is 34.1 Å². The zero-order chi connectivity index (χ0) is 30.2. The van der Waals surface area contributed by atoms with E-state index in [9.17, 15) is 0 Å². The maximum atomic E-state index is 2.40. The van der Waals surface area contributed by atoms with Crippen LogP contribution in [0, 0.1) is 6.92 Å². The highest BCUT2D eigenvalue weighted by atomic mass is 15.1. The molecule has 0 unspecified atom stereocenters. The second kappa shape index (κ2) is 11.3. The highest BCUT2D eigenvalue weighted by Gasteiger charge is 2.21. The molecular weight excluding hydrogens is 544 g/mol. The van der Waals surface area contributed by atoms with Gasteiger partial charge in [0.15, 0.2) is 0 Å². The molecule has 0 N–H and O–H groups in total. The Bertz CT molecular complexity index is 2180. The van der Waals surface area contributed by atoms with Gasteiger partial charge in [0, 0.05) is 33.5 Å². The van der Waals surface area contributed by atoms with Crippen LogP contribution in [-0.2, 0) is 0 Å². The quantitative estimate of drug-likeness (QED) is 0.182. The molecule has 0 radical (unpaired) electrons. The highest BCUT2D eigenvalue weighted by molar-refractivity contribution is 6.24. The largest absolute Gasteiger partial charge is 0.310 e. The lowest BCUT2D eigenvalue weighted by Gasteiger charge is -2.29. The molecule has 8 aromatic carbocycles. The van der Waals surface area contributed by atoms with Gasteiger partial charge >= 0.3 is 0 Å². The second-order valence-electron chi connectivity index (χ2n) is 11.5. The molecule has 8 aromatic rings. The van der Waals surface area contributed by atoms with Gasteiger partial charge in [0.25, 0.3) is 0 Å². The number of anilines is 6. The minimum atomic E-state index is 1.13. The van der Waals surface area contributed by atoms with Crippen LogP contribution in [0.15, 0.2) is 176 Å². The van der Waals surface area contributed by atoms with E-state index in [1.807, 2.05) is 0 Å². The van der Waals surface area contributed by atoms with E-state index in [4.69, 9.17) is 0 Å². The van der Waals surface area contributed by atoms with Gasteiger partial charge in [-0.1, -0.05) is 115 Å². The highest BCUT2D eigenvalue weighted by Crippen LogP contribution is 2.47. The number of benzene rings is 8. The summed E-state index contributed by atoms with van der Waals surface area (Å²) in [5.74, 6) is 0. The summed E-state index contributed by atoms with van der Waals surface area (Å²) in [5.41, 5.74) is 8.08. The fourth-order valence-corrected chi connectivity index (χ4v) is 6.61. The van der Waals surface area contributed by atoms with E-state index in [0.717, 1.165) is 28.4 Å². The van der Waals surface area contributed by atoms with E-state index in [0.29, 0.717) is 0 Å². The Balaban J connectivity index is 1.49. The number of rotatable bonds is 6. The lowest BCUT2D eigenvalue weighted by molar-refractivity contribution is 1.30. The van der Waals surface area contributed by atoms with Crippen molar-refractivity contribution in [3.05, 3.63) is 181 Å². The fraction of sp³-hybridized carbons (Fsp3) is 0.0233. The molecule has 0 atom stereocenters. The molecule has 0 aliphatic carbocycles. The van der Waals surface area contributed by atoms with E-state index in [1.54, 1.807) is 0 Å². The van der Waals surface area contributed by atoms with E-state index < -0.39 is 0 Å². The zero-order valence-corrected chi connectivity index (χ0v) is 25.1. The number of hydrogen-bond donors (Lipinski definition) is 0. The minimum absolute atomic E-state index is 1.13. The first-order chi connectivity index (χ1) is 22.3. The molecule has 0 aromatic heterocycles. The molecule has 0 aliphatic rings. The maximum Gasteiger partial charge on any atom is 0.0546 e. The molecule has 0 saturated carbocycles. The molecule has 0 saturated heterocycles. The van der Waals surface area contributed by atoms with Crippen molar-refractivity contribution in [3.63, 3.8) is 0 Å². The summed E-state index contributed by atoms with van der Waals surface area (Å²) in [7, 11) is 0. The van der Waals surface area contributed by atoms with Gasteiger partial charge in [-0.05, 0) is 95.2 Å². The molecule has 0 aliphatic heterocycles. The lowest BCUT2D eigenvalue weighted by Crippen LogP contribution is -2.11. The zero-order valence-electron chi connectivity index (χ0n) is 25.1. The van der Waals surface area contributed by atoms with Gasteiger partial charge in [-0.25, -0.2) is 0 Å². The number of fused-ring (bicyclic) bond motifs is 5. The molecule has 0 fully saturated rings. The molecule has 8 rings (SSSR count). The fourth-order valence-electron chi connectivity index (χ4n) is 6.61. The van der Waals surface area contributed by atoms with Crippen LogP contribution in [-0.4, -0.2) is 0 Å². The summed E-state index contributed by atoms with van der Waals surface area (Å²) < 4.78 is 0. The van der Waals surface area contributed by atoms with E-state index >= 15 is 0 Å². The number of aryl methyl sites for hydroxylation is 1. The Hall–Kier alpha value is -5.86.